The molecule has 6 heteroatoms. The average molecular weight is 397 g/mol. The van der Waals surface area contributed by atoms with Crippen molar-refractivity contribution in [1.82, 2.24) is 10.6 Å². The predicted octanol–water partition coefficient (Wildman–Crippen LogP) is 4.03. The SMILES string of the molecule is COCC1(NCCC2CCC(c3ccc(F)cc3Cl)CC2)CCNC(=O)C1. The zero-order chi connectivity index (χ0) is 19.3. The van der Waals surface area contributed by atoms with E-state index in [1.807, 2.05) is 6.07 Å². The molecule has 0 radical (unpaired) electrons. The standard InChI is InChI=1S/C21H30ClFN2O2/c1-27-14-21(9-11-24-20(26)13-21)25-10-8-15-2-4-16(5-3-15)18-7-6-17(23)12-19(18)22/h6-7,12,15-16,25H,2-5,8-11,13-14H2,1H3,(H,24,26). The zero-order valence-corrected chi connectivity index (χ0v) is 16.8. The van der Waals surface area contributed by atoms with E-state index in [-0.39, 0.29) is 17.3 Å². The molecule has 0 bridgehead atoms. The van der Waals surface area contributed by atoms with Crippen LogP contribution < -0.4 is 10.6 Å². The van der Waals surface area contributed by atoms with Gasteiger partial charge in [-0.2, -0.15) is 0 Å². The molecule has 0 spiro atoms. The Morgan fingerprint density at radius 3 is 2.78 bits per heavy atom. The van der Waals surface area contributed by atoms with Crippen LogP contribution in [0.4, 0.5) is 4.39 Å². The summed E-state index contributed by atoms with van der Waals surface area (Å²) in [6.45, 7) is 2.18. The maximum atomic E-state index is 13.3. The second-order valence-corrected chi connectivity index (χ2v) is 8.50. The summed E-state index contributed by atoms with van der Waals surface area (Å²) >= 11 is 6.23. The number of amides is 1. The highest BCUT2D eigenvalue weighted by Crippen LogP contribution is 2.39. The summed E-state index contributed by atoms with van der Waals surface area (Å²) in [6.07, 6.45) is 7.02. The number of benzene rings is 1. The number of hydrogen-bond acceptors (Lipinski definition) is 3. The fourth-order valence-electron chi connectivity index (χ4n) is 4.64. The largest absolute Gasteiger partial charge is 0.383 e. The Morgan fingerprint density at radius 2 is 2.11 bits per heavy atom. The van der Waals surface area contributed by atoms with Crippen molar-refractivity contribution in [3.05, 3.63) is 34.6 Å². The monoisotopic (exact) mass is 396 g/mol. The van der Waals surface area contributed by atoms with Crippen LogP contribution in [-0.2, 0) is 9.53 Å². The van der Waals surface area contributed by atoms with Gasteiger partial charge >= 0.3 is 0 Å². The molecule has 1 saturated carbocycles. The van der Waals surface area contributed by atoms with Crippen LogP contribution in [0.25, 0.3) is 0 Å². The van der Waals surface area contributed by atoms with Gasteiger partial charge in [0.15, 0.2) is 0 Å². The van der Waals surface area contributed by atoms with Crippen LogP contribution in [0, 0.1) is 11.7 Å². The minimum absolute atomic E-state index is 0.0995. The van der Waals surface area contributed by atoms with E-state index < -0.39 is 0 Å². The summed E-state index contributed by atoms with van der Waals surface area (Å²) in [7, 11) is 1.69. The van der Waals surface area contributed by atoms with Crippen molar-refractivity contribution in [2.45, 2.75) is 56.4 Å². The van der Waals surface area contributed by atoms with Crippen molar-refractivity contribution >= 4 is 17.5 Å². The van der Waals surface area contributed by atoms with Crippen molar-refractivity contribution in [1.29, 1.82) is 0 Å². The molecule has 1 saturated heterocycles. The Kier molecular flexibility index (Phi) is 7.12. The molecule has 3 rings (SSSR count). The first-order valence-corrected chi connectivity index (χ1v) is 10.3. The van der Waals surface area contributed by atoms with E-state index in [0.29, 0.717) is 36.4 Å². The molecule has 1 amide bonds. The third-order valence-corrected chi connectivity index (χ3v) is 6.47. The van der Waals surface area contributed by atoms with E-state index in [2.05, 4.69) is 10.6 Å². The number of carbonyl (C=O) groups excluding carboxylic acids is 1. The fraction of sp³-hybridized carbons (Fsp3) is 0.667. The first-order valence-electron chi connectivity index (χ1n) is 9.97. The van der Waals surface area contributed by atoms with Crippen LogP contribution in [0.2, 0.25) is 5.02 Å². The molecular formula is C21H30ClFN2O2. The molecule has 27 heavy (non-hydrogen) atoms. The van der Waals surface area contributed by atoms with E-state index in [4.69, 9.17) is 16.3 Å². The quantitative estimate of drug-likeness (QED) is 0.731. The van der Waals surface area contributed by atoms with Gasteiger partial charge in [0.1, 0.15) is 5.82 Å². The summed E-state index contributed by atoms with van der Waals surface area (Å²) in [5.41, 5.74) is 0.859. The highest BCUT2D eigenvalue weighted by atomic mass is 35.5. The molecule has 1 aromatic carbocycles. The van der Waals surface area contributed by atoms with Crippen molar-refractivity contribution in [2.75, 3.05) is 26.8 Å². The van der Waals surface area contributed by atoms with E-state index >= 15 is 0 Å². The molecule has 1 aliphatic heterocycles. The molecule has 150 valence electrons. The Hall–Kier alpha value is -1.17. The topological polar surface area (TPSA) is 50.4 Å². The maximum Gasteiger partial charge on any atom is 0.221 e. The molecule has 2 N–H and O–H groups in total. The Balaban J connectivity index is 1.46. The Bertz CT molecular complexity index is 645. The summed E-state index contributed by atoms with van der Waals surface area (Å²) in [6, 6.07) is 4.77. The lowest BCUT2D eigenvalue weighted by atomic mass is 9.77. The molecule has 1 atom stereocenters. The number of methoxy groups -OCH3 is 1. The molecule has 2 aliphatic rings. The van der Waals surface area contributed by atoms with Gasteiger partial charge in [0.05, 0.1) is 12.1 Å². The van der Waals surface area contributed by atoms with Crippen LogP contribution in [0.3, 0.4) is 0 Å². The minimum Gasteiger partial charge on any atom is -0.383 e. The van der Waals surface area contributed by atoms with Gasteiger partial charge in [-0.15, -0.1) is 0 Å². The number of piperidine rings is 1. The molecule has 0 aromatic heterocycles. The first kappa shape index (κ1) is 20.6. The van der Waals surface area contributed by atoms with Crippen molar-refractivity contribution < 1.29 is 13.9 Å². The van der Waals surface area contributed by atoms with Gasteiger partial charge in [0.25, 0.3) is 0 Å². The fourth-order valence-corrected chi connectivity index (χ4v) is 4.96. The molecule has 4 nitrogen and oxygen atoms in total. The molecule has 2 fully saturated rings. The lowest BCUT2D eigenvalue weighted by Crippen LogP contribution is -2.57. The molecule has 1 aliphatic carbocycles. The highest BCUT2D eigenvalue weighted by molar-refractivity contribution is 6.31. The lowest BCUT2D eigenvalue weighted by molar-refractivity contribution is -0.125. The second-order valence-electron chi connectivity index (χ2n) is 8.09. The van der Waals surface area contributed by atoms with Gasteiger partial charge in [0.2, 0.25) is 5.91 Å². The van der Waals surface area contributed by atoms with E-state index in [1.165, 1.54) is 12.1 Å². The first-order chi connectivity index (χ1) is 13.0. The number of ether oxygens (including phenoxy) is 1. The summed E-state index contributed by atoms with van der Waals surface area (Å²) in [4.78, 5) is 11.8. The molecule has 1 unspecified atom stereocenters. The normalized spacial score (nSPS) is 28.8. The predicted molar refractivity (Wildman–Crippen MR) is 106 cm³/mol. The third-order valence-electron chi connectivity index (χ3n) is 6.15. The number of carbonyl (C=O) groups is 1. The maximum absolute atomic E-state index is 13.3. The molecule has 1 heterocycles. The van der Waals surface area contributed by atoms with Gasteiger partial charge in [-0.05, 0) is 74.6 Å². The summed E-state index contributed by atoms with van der Waals surface area (Å²) < 4.78 is 18.6. The van der Waals surface area contributed by atoms with Crippen molar-refractivity contribution in [3.63, 3.8) is 0 Å². The molecular weight excluding hydrogens is 367 g/mol. The average Bonchev–Trinajstić information content (AvgIpc) is 2.63. The van der Waals surface area contributed by atoms with Gasteiger partial charge in [-0.25, -0.2) is 4.39 Å². The second kappa shape index (κ2) is 9.35. The minimum atomic E-state index is -0.273. The summed E-state index contributed by atoms with van der Waals surface area (Å²) in [5, 5.41) is 7.07. The van der Waals surface area contributed by atoms with Crippen LogP contribution in [0.5, 0.6) is 0 Å². The number of nitrogens with one attached hydrogen (secondary N) is 2. The van der Waals surface area contributed by atoms with Gasteiger partial charge in [-0.1, -0.05) is 17.7 Å². The Labute approximate surface area is 166 Å². The highest BCUT2D eigenvalue weighted by Gasteiger charge is 2.35. The van der Waals surface area contributed by atoms with Gasteiger partial charge in [0, 0.05) is 25.1 Å². The van der Waals surface area contributed by atoms with Crippen LogP contribution in [0.15, 0.2) is 18.2 Å². The lowest BCUT2D eigenvalue weighted by Gasteiger charge is -2.38. The Morgan fingerprint density at radius 1 is 1.33 bits per heavy atom. The van der Waals surface area contributed by atoms with E-state index in [0.717, 1.165) is 50.6 Å². The number of halogens is 2. The van der Waals surface area contributed by atoms with Gasteiger partial charge in [-0.3, -0.25) is 4.79 Å². The van der Waals surface area contributed by atoms with Gasteiger partial charge < -0.3 is 15.4 Å². The van der Waals surface area contributed by atoms with E-state index in [1.54, 1.807) is 7.11 Å². The zero-order valence-electron chi connectivity index (χ0n) is 16.0. The van der Waals surface area contributed by atoms with Crippen molar-refractivity contribution in [3.8, 4) is 0 Å². The summed E-state index contributed by atoms with van der Waals surface area (Å²) in [5.74, 6) is 0.946. The van der Waals surface area contributed by atoms with E-state index in [9.17, 15) is 9.18 Å². The number of rotatable bonds is 7. The van der Waals surface area contributed by atoms with Crippen LogP contribution in [0.1, 0.15) is 56.4 Å². The van der Waals surface area contributed by atoms with Crippen LogP contribution >= 0.6 is 11.6 Å². The smallest absolute Gasteiger partial charge is 0.221 e. The van der Waals surface area contributed by atoms with Crippen LogP contribution in [-0.4, -0.2) is 38.3 Å². The third kappa shape index (κ3) is 5.43. The van der Waals surface area contributed by atoms with Crippen molar-refractivity contribution in [2.24, 2.45) is 5.92 Å². The molecule has 1 aromatic rings. The number of hydrogen-bond donors (Lipinski definition) is 2.